The van der Waals surface area contributed by atoms with E-state index in [4.69, 9.17) is 17.0 Å². The standard InChI is InChI=1S/C40H50N8O3S/c1-8-32(51-33-23-18-27(39(4,5)9-2)26-31(33)40(6,7)10-3)36(49)41-28-19-21-30(22-20-28)46-37(50)34(35(42-46)45-24-14-15-25-45)48-38(52)47(43-44-48)29-16-12-11-13-17-29/h11-13,16-23,26,32,42H,8-10,14-15,24-25H2,1-7H3,(H,41,49). The van der Waals surface area contributed by atoms with Crippen LogP contribution in [0, 0.1) is 4.77 Å². The van der Waals surface area contributed by atoms with Gasteiger partial charge in [-0.25, -0.2) is 4.68 Å². The first-order valence-corrected chi connectivity index (χ1v) is 18.7. The summed E-state index contributed by atoms with van der Waals surface area (Å²) in [7, 11) is 0. The van der Waals surface area contributed by atoms with Gasteiger partial charge >= 0.3 is 0 Å². The zero-order chi connectivity index (χ0) is 37.2. The van der Waals surface area contributed by atoms with Crippen molar-refractivity contribution in [1.82, 2.24) is 29.6 Å². The van der Waals surface area contributed by atoms with Gasteiger partial charge in [0, 0.05) is 24.3 Å². The summed E-state index contributed by atoms with van der Waals surface area (Å²) in [6, 6.07) is 23.0. The lowest BCUT2D eigenvalue weighted by Crippen LogP contribution is -2.33. The minimum absolute atomic E-state index is 0.0308. The first kappa shape index (κ1) is 36.8. The highest BCUT2D eigenvalue weighted by Crippen LogP contribution is 2.39. The van der Waals surface area contributed by atoms with Crippen molar-refractivity contribution in [1.29, 1.82) is 0 Å². The summed E-state index contributed by atoms with van der Waals surface area (Å²) in [5.74, 6) is 1.13. The smallest absolute Gasteiger partial charge is 0.299 e. The van der Waals surface area contributed by atoms with Crippen molar-refractivity contribution in [2.45, 2.75) is 97.5 Å². The SMILES string of the molecule is CCC(Oc1ccc(C(C)(C)CC)cc1C(C)(C)CC)C(=O)Nc1ccc(-n2[nH]c(N3CCCC3)c(-n3nnn(-c4ccccc4)c3=S)c2=O)cc1. The number of carbonyl (C=O) groups is 1. The molecule has 274 valence electrons. The van der Waals surface area contributed by atoms with E-state index in [-0.39, 0.29) is 27.1 Å². The second kappa shape index (κ2) is 14.9. The number of carbonyl (C=O) groups excluding carboxylic acids is 1. The van der Waals surface area contributed by atoms with Crippen LogP contribution in [0.25, 0.3) is 17.1 Å². The molecule has 0 bridgehead atoms. The third kappa shape index (κ3) is 7.21. The molecule has 0 spiro atoms. The van der Waals surface area contributed by atoms with Gasteiger partial charge in [-0.2, -0.15) is 9.36 Å². The summed E-state index contributed by atoms with van der Waals surface area (Å²) in [6.07, 6.45) is 3.79. The number of para-hydroxylation sites is 1. The second-order valence-corrected chi connectivity index (χ2v) is 15.2. The zero-order valence-electron chi connectivity index (χ0n) is 31.3. The predicted octanol–water partition coefficient (Wildman–Crippen LogP) is 8.04. The number of nitrogens with zero attached hydrogens (tertiary/aromatic N) is 6. The van der Waals surface area contributed by atoms with Gasteiger partial charge in [-0.05, 0) is 114 Å². The second-order valence-electron chi connectivity index (χ2n) is 14.8. The van der Waals surface area contributed by atoms with Crippen LogP contribution < -0.4 is 20.5 Å². The fourth-order valence-corrected chi connectivity index (χ4v) is 6.71. The molecule has 0 radical (unpaired) electrons. The molecule has 6 rings (SSSR count). The van der Waals surface area contributed by atoms with Crippen molar-refractivity contribution in [3.05, 3.63) is 99.0 Å². The monoisotopic (exact) mass is 722 g/mol. The van der Waals surface area contributed by atoms with Crippen molar-refractivity contribution >= 4 is 29.6 Å². The fraction of sp³-hybridized carbons (Fsp3) is 0.425. The number of anilines is 2. The molecule has 3 heterocycles. The number of ether oxygens (including phenoxy) is 1. The van der Waals surface area contributed by atoms with Crippen molar-refractivity contribution in [2.24, 2.45) is 0 Å². The Morgan fingerprint density at radius 2 is 1.54 bits per heavy atom. The molecule has 52 heavy (non-hydrogen) atoms. The molecule has 1 atom stereocenters. The minimum atomic E-state index is -0.693. The lowest BCUT2D eigenvalue weighted by Gasteiger charge is -2.31. The first-order valence-electron chi connectivity index (χ1n) is 18.3. The highest BCUT2D eigenvalue weighted by atomic mass is 32.1. The molecule has 1 aliphatic rings. The molecule has 2 aromatic heterocycles. The maximum atomic E-state index is 14.1. The average Bonchev–Trinajstić information content (AvgIpc) is 3.90. The number of hydrogen-bond donors (Lipinski definition) is 2. The van der Waals surface area contributed by atoms with Crippen LogP contribution in [-0.2, 0) is 15.6 Å². The van der Waals surface area contributed by atoms with Gasteiger partial charge in [0.2, 0.25) is 4.77 Å². The van der Waals surface area contributed by atoms with Crippen molar-refractivity contribution in [3.8, 4) is 22.8 Å². The first-order chi connectivity index (χ1) is 24.9. The van der Waals surface area contributed by atoms with E-state index in [1.165, 1.54) is 19.6 Å². The zero-order valence-corrected chi connectivity index (χ0v) is 32.1. The van der Waals surface area contributed by atoms with E-state index >= 15 is 0 Å². The van der Waals surface area contributed by atoms with Crippen LogP contribution in [0.15, 0.2) is 77.6 Å². The predicted molar refractivity (Wildman–Crippen MR) is 209 cm³/mol. The van der Waals surface area contributed by atoms with Crippen LogP contribution in [0.1, 0.15) is 91.7 Å². The Morgan fingerprint density at radius 3 is 2.17 bits per heavy atom. The summed E-state index contributed by atoms with van der Waals surface area (Å²) in [4.78, 5) is 29.9. The van der Waals surface area contributed by atoms with E-state index in [0.29, 0.717) is 29.3 Å². The Labute approximate surface area is 310 Å². The summed E-state index contributed by atoms with van der Waals surface area (Å²) < 4.78 is 11.2. The van der Waals surface area contributed by atoms with Crippen LogP contribution in [-0.4, -0.2) is 54.7 Å². The average molecular weight is 723 g/mol. The largest absolute Gasteiger partial charge is 0.480 e. The summed E-state index contributed by atoms with van der Waals surface area (Å²) >= 11 is 5.76. The molecule has 1 saturated heterocycles. The molecule has 12 heteroatoms. The van der Waals surface area contributed by atoms with Gasteiger partial charge < -0.3 is 15.0 Å². The summed E-state index contributed by atoms with van der Waals surface area (Å²) in [5.41, 5.74) is 4.22. The fourth-order valence-electron chi connectivity index (χ4n) is 6.44. The van der Waals surface area contributed by atoms with Crippen molar-refractivity contribution in [2.75, 3.05) is 23.3 Å². The van der Waals surface area contributed by atoms with E-state index in [9.17, 15) is 9.59 Å². The topological polar surface area (TPSA) is 115 Å². The Kier molecular flexibility index (Phi) is 10.6. The molecule has 1 aliphatic heterocycles. The number of H-pyrrole nitrogens is 1. The minimum Gasteiger partial charge on any atom is -0.480 e. The Bertz CT molecular complexity index is 2140. The van der Waals surface area contributed by atoms with Crippen LogP contribution in [0.3, 0.4) is 0 Å². The molecule has 5 aromatic rings. The molecule has 0 aliphatic carbocycles. The third-order valence-electron chi connectivity index (χ3n) is 10.6. The molecule has 3 aromatic carbocycles. The number of hydrogen-bond acceptors (Lipinski definition) is 7. The highest BCUT2D eigenvalue weighted by Gasteiger charge is 2.30. The van der Waals surface area contributed by atoms with Gasteiger partial charge in [0.25, 0.3) is 11.5 Å². The quantitative estimate of drug-likeness (QED) is 0.118. The van der Waals surface area contributed by atoms with Gasteiger partial charge in [-0.15, -0.1) is 0 Å². The Hall–Kier alpha value is -4.97. The van der Waals surface area contributed by atoms with Gasteiger partial charge in [0.05, 0.1) is 11.4 Å². The Balaban J connectivity index is 1.25. The lowest BCUT2D eigenvalue weighted by atomic mass is 9.76. The van der Waals surface area contributed by atoms with Crippen LogP contribution in [0.5, 0.6) is 5.75 Å². The van der Waals surface area contributed by atoms with Gasteiger partial charge in [-0.3, -0.25) is 14.7 Å². The van der Waals surface area contributed by atoms with Crippen molar-refractivity contribution in [3.63, 3.8) is 0 Å². The van der Waals surface area contributed by atoms with E-state index in [1.807, 2.05) is 43.3 Å². The lowest BCUT2D eigenvalue weighted by molar-refractivity contribution is -0.122. The van der Waals surface area contributed by atoms with Gasteiger partial charge in [0.1, 0.15) is 5.75 Å². The molecule has 11 nitrogen and oxygen atoms in total. The number of aromatic nitrogens is 6. The van der Waals surface area contributed by atoms with E-state index < -0.39 is 6.10 Å². The molecule has 2 N–H and O–H groups in total. The number of tetrazole rings is 1. The van der Waals surface area contributed by atoms with Crippen LogP contribution in [0.4, 0.5) is 11.5 Å². The Morgan fingerprint density at radius 1 is 0.885 bits per heavy atom. The number of aromatic amines is 1. The van der Waals surface area contributed by atoms with Crippen LogP contribution in [0.2, 0.25) is 0 Å². The summed E-state index contributed by atoms with van der Waals surface area (Å²) in [6.45, 7) is 16.9. The van der Waals surface area contributed by atoms with Crippen LogP contribution >= 0.6 is 12.2 Å². The van der Waals surface area contributed by atoms with Gasteiger partial charge in [-0.1, -0.05) is 78.8 Å². The number of rotatable bonds is 13. The number of nitrogens with one attached hydrogen (secondary N) is 2. The maximum Gasteiger partial charge on any atom is 0.299 e. The molecular weight excluding hydrogens is 673 g/mol. The van der Waals surface area contributed by atoms with E-state index in [2.05, 4.69) is 79.4 Å². The van der Waals surface area contributed by atoms with Gasteiger partial charge in [0.15, 0.2) is 17.6 Å². The third-order valence-corrected chi connectivity index (χ3v) is 11.0. The molecule has 0 saturated carbocycles. The van der Waals surface area contributed by atoms with E-state index in [1.54, 1.807) is 24.3 Å². The summed E-state index contributed by atoms with van der Waals surface area (Å²) in [5, 5.41) is 14.9. The van der Waals surface area contributed by atoms with E-state index in [0.717, 1.165) is 55.8 Å². The maximum absolute atomic E-state index is 14.1. The molecule has 1 amide bonds. The molecular formula is C40H50N8O3S. The molecule has 1 fully saturated rings. The highest BCUT2D eigenvalue weighted by molar-refractivity contribution is 7.71. The number of amides is 1. The normalized spacial score (nSPS) is 14.1. The number of benzene rings is 3. The van der Waals surface area contributed by atoms with Crippen molar-refractivity contribution < 1.29 is 9.53 Å². The molecule has 1 unspecified atom stereocenters.